The Labute approximate surface area is 144 Å². The average Bonchev–Trinajstić information content (AvgIpc) is 2.95. The van der Waals surface area contributed by atoms with Gasteiger partial charge in [-0.3, -0.25) is 4.79 Å². The lowest BCUT2D eigenvalue weighted by molar-refractivity contribution is 0.0786. The van der Waals surface area contributed by atoms with Gasteiger partial charge < -0.3 is 10.6 Å². The van der Waals surface area contributed by atoms with Crippen LogP contribution in [0, 0.1) is 12.8 Å². The Hall–Kier alpha value is -2.13. The molecule has 3 nitrogen and oxygen atoms in total. The van der Waals surface area contributed by atoms with Crippen molar-refractivity contribution in [2.45, 2.75) is 32.7 Å². The molecule has 0 saturated carbocycles. The Morgan fingerprint density at radius 1 is 1.17 bits per heavy atom. The maximum absolute atomic E-state index is 13.1. The molecule has 1 heterocycles. The van der Waals surface area contributed by atoms with Crippen molar-refractivity contribution in [1.29, 1.82) is 0 Å². The first-order chi connectivity index (χ1) is 11.6. The SMILES string of the molecule is CCC[C@@H]1CN(C(=O)c2ccccc2-c2cccc(C)c2)C[C@H]1N. The first-order valence-corrected chi connectivity index (χ1v) is 8.81. The summed E-state index contributed by atoms with van der Waals surface area (Å²) in [6.45, 7) is 5.68. The summed E-state index contributed by atoms with van der Waals surface area (Å²) >= 11 is 0. The highest BCUT2D eigenvalue weighted by Crippen LogP contribution is 2.28. The van der Waals surface area contributed by atoms with E-state index in [0.29, 0.717) is 12.5 Å². The molecule has 1 amide bonds. The fourth-order valence-electron chi connectivity index (χ4n) is 3.64. The second-order valence-corrected chi connectivity index (χ2v) is 6.84. The molecule has 126 valence electrons. The summed E-state index contributed by atoms with van der Waals surface area (Å²) in [4.78, 5) is 15.0. The Bertz CT molecular complexity index is 725. The predicted molar refractivity (Wildman–Crippen MR) is 98.9 cm³/mol. The zero-order valence-corrected chi connectivity index (χ0v) is 14.5. The molecule has 1 aliphatic heterocycles. The summed E-state index contributed by atoms with van der Waals surface area (Å²) in [5.41, 5.74) is 10.3. The Kier molecular flexibility index (Phi) is 5.00. The zero-order valence-electron chi connectivity index (χ0n) is 14.5. The van der Waals surface area contributed by atoms with Gasteiger partial charge in [0.05, 0.1) is 0 Å². The molecule has 2 atom stereocenters. The summed E-state index contributed by atoms with van der Waals surface area (Å²) in [5.74, 6) is 0.520. The molecular formula is C21H26N2O. The lowest BCUT2D eigenvalue weighted by atomic mass is 9.97. The van der Waals surface area contributed by atoms with Gasteiger partial charge in [0, 0.05) is 24.7 Å². The van der Waals surface area contributed by atoms with Gasteiger partial charge in [-0.1, -0.05) is 61.4 Å². The van der Waals surface area contributed by atoms with E-state index in [0.717, 1.165) is 36.1 Å². The minimum atomic E-state index is 0.0973. The van der Waals surface area contributed by atoms with Crippen LogP contribution in [-0.2, 0) is 0 Å². The maximum atomic E-state index is 13.1. The number of carbonyl (C=O) groups excluding carboxylic acids is 1. The van der Waals surface area contributed by atoms with Gasteiger partial charge in [0.2, 0.25) is 0 Å². The lowest BCUT2D eigenvalue weighted by Gasteiger charge is -2.18. The summed E-state index contributed by atoms with van der Waals surface area (Å²) in [7, 11) is 0. The number of carbonyl (C=O) groups is 1. The smallest absolute Gasteiger partial charge is 0.254 e. The molecule has 0 aromatic heterocycles. The maximum Gasteiger partial charge on any atom is 0.254 e. The molecule has 0 unspecified atom stereocenters. The molecule has 2 N–H and O–H groups in total. The van der Waals surface area contributed by atoms with E-state index in [4.69, 9.17) is 5.73 Å². The van der Waals surface area contributed by atoms with Gasteiger partial charge in [0.1, 0.15) is 0 Å². The van der Waals surface area contributed by atoms with Crippen molar-refractivity contribution >= 4 is 5.91 Å². The van der Waals surface area contributed by atoms with Crippen molar-refractivity contribution in [2.75, 3.05) is 13.1 Å². The third-order valence-corrected chi connectivity index (χ3v) is 4.92. The minimum Gasteiger partial charge on any atom is -0.337 e. The number of nitrogens with two attached hydrogens (primary N) is 1. The monoisotopic (exact) mass is 322 g/mol. The number of nitrogens with zero attached hydrogens (tertiary/aromatic N) is 1. The van der Waals surface area contributed by atoms with Crippen LogP contribution in [0.25, 0.3) is 11.1 Å². The predicted octanol–water partition coefficient (Wildman–Crippen LogP) is 3.86. The Morgan fingerprint density at radius 2 is 1.96 bits per heavy atom. The van der Waals surface area contributed by atoms with Gasteiger partial charge in [-0.25, -0.2) is 0 Å². The summed E-state index contributed by atoms with van der Waals surface area (Å²) in [6.07, 6.45) is 2.20. The van der Waals surface area contributed by atoms with E-state index in [-0.39, 0.29) is 11.9 Å². The number of hydrogen-bond acceptors (Lipinski definition) is 2. The van der Waals surface area contributed by atoms with Crippen LogP contribution >= 0.6 is 0 Å². The van der Waals surface area contributed by atoms with Gasteiger partial charge in [-0.15, -0.1) is 0 Å². The number of amides is 1. The van der Waals surface area contributed by atoms with E-state index in [1.54, 1.807) is 0 Å². The zero-order chi connectivity index (χ0) is 17.1. The van der Waals surface area contributed by atoms with Crippen LogP contribution in [-0.4, -0.2) is 29.9 Å². The van der Waals surface area contributed by atoms with E-state index >= 15 is 0 Å². The second kappa shape index (κ2) is 7.18. The van der Waals surface area contributed by atoms with E-state index < -0.39 is 0 Å². The molecule has 3 heteroatoms. The Morgan fingerprint density at radius 3 is 2.71 bits per heavy atom. The van der Waals surface area contributed by atoms with Crippen LogP contribution in [0.3, 0.4) is 0 Å². The molecule has 24 heavy (non-hydrogen) atoms. The molecule has 1 saturated heterocycles. The van der Waals surface area contributed by atoms with E-state index in [1.165, 1.54) is 5.56 Å². The third-order valence-electron chi connectivity index (χ3n) is 4.92. The quantitative estimate of drug-likeness (QED) is 0.929. The lowest BCUT2D eigenvalue weighted by Crippen LogP contribution is -2.32. The van der Waals surface area contributed by atoms with Crippen LogP contribution in [0.1, 0.15) is 35.7 Å². The van der Waals surface area contributed by atoms with Crippen molar-refractivity contribution in [3.05, 3.63) is 59.7 Å². The second-order valence-electron chi connectivity index (χ2n) is 6.84. The van der Waals surface area contributed by atoms with Crippen molar-refractivity contribution < 1.29 is 4.79 Å². The molecule has 0 bridgehead atoms. The van der Waals surface area contributed by atoms with E-state index in [2.05, 4.69) is 32.0 Å². The third kappa shape index (κ3) is 3.36. The number of hydrogen-bond donors (Lipinski definition) is 1. The van der Waals surface area contributed by atoms with E-state index in [9.17, 15) is 4.79 Å². The van der Waals surface area contributed by atoms with Crippen LogP contribution in [0.15, 0.2) is 48.5 Å². The summed E-state index contributed by atoms with van der Waals surface area (Å²) < 4.78 is 0. The van der Waals surface area contributed by atoms with Crippen molar-refractivity contribution in [1.82, 2.24) is 4.90 Å². The van der Waals surface area contributed by atoms with Gasteiger partial charge in [0.15, 0.2) is 0 Å². The number of rotatable bonds is 4. The van der Waals surface area contributed by atoms with Gasteiger partial charge >= 0.3 is 0 Å². The highest BCUT2D eigenvalue weighted by atomic mass is 16.2. The van der Waals surface area contributed by atoms with Crippen LogP contribution < -0.4 is 5.73 Å². The molecule has 1 fully saturated rings. The van der Waals surface area contributed by atoms with Crippen molar-refractivity contribution in [3.8, 4) is 11.1 Å². The highest BCUT2D eigenvalue weighted by molar-refractivity contribution is 6.01. The first-order valence-electron chi connectivity index (χ1n) is 8.81. The van der Waals surface area contributed by atoms with Gasteiger partial charge in [0.25, 0.3) is 5.91 Å². The van der Waals surface area contributed by atoms with E-state index in [1.807, 2.05) is 35.2 Å². The van der Waals surface area contributed by atoms with Crippen molar-refractivity contribution in [3.63, 3.8) is 0 Å². The number of aryl methyl sites for hydroxylation is 1. The molecule has 0 aliphatic carbocycles. The number of likely N-dealkylation sites (tertiary alicyclic amines) is 1. The molecule has 0 spiro atoms. The average molecular weight is 322 g/mol. The Balaban J connectivity index is 1.89. The molecule has 2 aromatic carbocycles. The van der Waals surface area contributed by atoms with Gasteiger partial charge in [-0.2, -0.15) is 0 Å². The molecule has 0 radical (unpaired) electrons. The van der Waals surface area contributed by atoms with Crippen LogP contribution in [0.5, 0.6) is 0 Å². The largest absolute Gasteiger partial charge is 0.337 e. The number of benzene rings is 2. The fraction of sp³-hybridized carbons (Fsp3) is 0.381. The standard InChI is InChI=1S/C21H26N2O/c1-3-7-17-13-23(14-20(17)22)21(24)19-11-5-4-10-18(19)16-9-6-8-15(2)12-16/h4-6,8-12,17,20H,3,7,13-14,22H2,1-2H3/t17-,20-/m1/s1. The summed E-state index contributed by atoms with van der Waals surface area (Å²) in [6, 6.07) is 16.3. The van der Waals surface area contributed by atoms with Crippen LogP contribution in [0.2, 0.25) is 0 Å². The van der Waals surface area contributed by atoms with Crippen LogP contribution in [0.4, 0.5) is 0 Å². The molecule has 2 aromatic rings. The topological polar surface area (TPSA) is 46.3 Å². The minimum absolute atomic E-state index is 0.0973. The summed E-state index contributed by atoms with van der Waals surface area (Å²) in [5, 5.41) is 0. The first kappa shape index (κ1) is 16.7. The molecule has 3 rings (SSSR count). The molecule has 1 aliphatic rings. The van der Waals surface area contributed by atoms with Gasteiger partial charge in [-0.05, 0) is 36.5 Å². The highest BCUT2D eigenvalue weighted by Gasteiger charge is 2.33. The molecular weight excluding hydrogens is 296 g/mol. The van der Waals surface area contributed by atoms with Crippen molar-refractivity contribution in [2.24, 2.45) is 11.7 Å². The normalized spacial score (nSPS) is 20.4. The fourth-order valence-corrected chi connectivity index (χ4v) is 3.64.